The van der Waals surface area contributed by atoms with E-state index < -0.39 is 28.2 Å². The second kappa shape index (κ2) is 39.2. The minimum Gasteiger partial charge on any atom is -0.489 e. The van der Waals surface area contributed by atoms with E-state index in [0.29, 0.717) is 68.3 Å². The summed E-state index contributed by atoms with van der Waals surface area (Å²) in [5.41, 5.74) is 16.1. The Morgan fingerprint density at radius 1 is 0.396 bits per heavy atom. The van der Waals surface area contributed by atoms with E-state index in [1.807, 2.05) is 181 Å². The van der Waals surface area contributed by atoms with Gasteiger partial charge in [0, 0.05) is 42.4 Å². The van der Waals surface area contributed by atoms with Gasteiger partial charge in [-0.15, -0.1) is 0 Å². The molecule has 530 valence electrons. The summed E-state index contributed by atoms with van der Waals surface area (Å²) in [5.74, 6) is 0.603. The molecule has 0 saturated heterocycles. The Morgan fingerprint density at radius 2 is 0.673 bits per heavy atom. The molecule has 6 amide bonds. The molecule has 0 aliphatic rings. The Balaban J connectivity index is 0.000000213. The number of sulfonamides is 1. The number of primary amides is 1. The van der Waals surface area contributed by atoms with E-state index in [-0.39, 0.29) is 67.8 Å². The molecule has 0 aliphatic heterocycles. The van der Waals surface area contributed by atoms with Crippen LogP contribution in [0, 0.1) is 0 Å². The van der Waals surface area contributed by atoms with Crippen molar-refractivity contribution in [2.75, 3.05) is 33.0 Å². The molecule has 8 N–H and O–H groups in total. The van der Waals surface area contributed by atoms with Gasteiger partial charge in [-0.1, -0.05) is 199 Å². The summed E-state index contributed by atoms with van der Waals surface area (Å²) in [7, 11) is -2.12. The lowest BCUT2D eigenvalue weighted by Gasteiger charge is -2.20. The van der Waals surface area contributed by atoms with Gasteiger partial charge in [-0.05, 0) is 165 Å². The first-order valence-corrected chi connectivity index (χ1v) is 35.8. The summed E-state index contributed by atoms with van der Waals surface area (Å²) >= 11 is 18.8. The van der Waals surface area contributed by atoms with Crippen LogP contribution in [0.4, 0.5) is 9.59 Å². The number of hydrogen-bond acceptors (Lipinski definition) is 11. The maximum absolute atomic E-state index is 12.9. The molecule has 0 aliphatic carbocycles. The first kappa shape index (κ1) is 78.4. The molecular weight excluding hydrogens is 1360 g/mol. The molecule has 9 aromatic rings. The minimum atomic E-state index is -3.42. The third-order valence-corrected chi connectivity index (χ3v) is 16.7. The molecule has 0 saturated carbocycles. The van der Waals surface area contributed by atoms with E-state index in [0.717, 1.165) is 56.3 Å². The van der Waals surface area contributed by atoms with Crippen LogP contribution in [-0.2, 0) is 34.0 Å². The number of methoxy groups -OCH3 is 1. The fourth-order valence-electron chi connectivity index (χ4n) is 10.3. The largest absolute Gasteiger partial charge is 0.489 e. The van der Waals surface area contributed by atoms with Crippen LogP contribution in [0.3, 0.4) is 0 Å². The number of rotatable bonds is 28. The molecule has 0 spiro atoms. The molecule has 0 aromatic heterocycles. The Labute approximate surface area is 607 Å². The number of nitrogens with two attached hydrogens (primary N) is 1. The summed E-state index contributed by atoms with van der Waals surface area (Å²) in [4.78, 5) is 61.6. The summed E-state index contributed by atoms with van der Waals surface area (Å²) < 4.78 is 47.4. The maximum Gasteiger partial charge on any atom is 0.406 e. The molecule has 22 heteroatoms. The molecule has 18 nitrogen and oxygen atoms in total. The van der Waals surface area contributed by atoms with E-state index in [2.05, 4.69) is 60.3 Å². The number of ether oxygens (including phenoxy) is 4. The highest BCUT2D eigenvalue weighted by atomic mass is 35.5. The standard InChI is InChI=1S/C27H29ClN2O4.C26H28ClN3O3.C26H29ClN2O4S/c1-18(2)34-25-14-13-22(16-24(25)28)26(31)30-23(17-29-27(32)33-3)15-19-9-11-21(12-10-19)20-7-5-4-6-8-20;1-17(2)33-24-13-12-21(15-23(24)27)25(31)30-22(16-29-26(28)32)14-18-8-10-20(11-9-18)19-6-4-3-5-7-19;1-18(2)33-25-14-13-22(16-24(25)27)26(30)29-23(17-28-34(3,31)32)15-19-9-11-21(12-10-19)20-7-5-4-6-8-20/h4-14,16,18,23H,15,17H2,1-3H3,(H,29,32)(H,30,31);3-13,15,17,22H,14,16H2,1-2H3,(H,30,31)(H3,28,29,32);4-14,16,18,23,28H,15,17H2,1-3H3,(H,29,30)/t23-;22-;23-/m000/s1. The van der Waals surface area contributed by atoms with Crippen molar-refractivity contribution in [3.05, 3.63) is 267 Å². The van der Waals surface area contributed by atoms with Crippen molar-refractivity contribution in [1.29, 1.82) is 0 Å². The second-order valence-corrected chi connectivity index (χ2v) is 27.5. The van der Waals surface area contributed by atoms with Gasteiger partial charge in [0.25, 0.3) is 17.7 Å². The van der Waals surface area contributed by atoms with Crippen molar-refractivity contribution >= 4 is 74.7 Å². The third kappa shape index (κ3) is 27.0. The predicted molar refractivity (Wildman–Crippen MR) is 403 cm³/mol. The Kier molecular flexibility index (Phi) is 30.4. The topological polar surface area (TPSA) is 255 Å². The number of halogens is 3. The number of nitrogens with one attached hydrogen (secondary N) is 6. The van der Waals surface area contributed by atoms with Crippen LogP contribution in [0.15, 0.2) is 218 Å². The molecule has 0 radical (unpaired) electrons. The number of hydrogen-bond donors (Lipinski definition) is 7. The molecule has 3 atom stereocenters. The fraction of sp³-hybridized carbons (Fsp3) is 0.253. The SMILES string of the molecule is CC(C)Oc1ccc(C(=O)N[C@H](CNC(N)=O)Cc2ccc(-c3ccccc3)cc2)cc1Cl.CC(C)Oc1ccc(C(=O)N[C@H](CNS(C)(=O)=O)Cc2ccc(-c3ccccc3)cc2)cc1Cl.COC(=O)NC[C@H](Cc1ccc(-c2ccccc2)cc1)NC(=O)c1ccc(OC(C)C)c(Cl)c1. The van der Waals surface area contributed by atoms with Crippen molar-refractivity contribution in [2.24, 2.45) is 5.73 Å². The van der Waals surface area contributed by atoms with Gasteiger partial charge in [0.1, 0.15) is 17.2 Å². The van der Waals surface area contributed by atoms with Gasteiger partial charge < -0.3 is 51.3 Å². The molecule has 0 fully saturated rings. The molecule has 9 aromatic carbocycles. The van der Waals surface area contributed by atoms with Gasteiger partial charge in [0.2, 0.25) is 10.0 Å². The predicted octanol–water partition coefficient (Wildman–Crippen LogP) is 15.0. The van der Waals surface area contributed by atoms with Crippen LogP contribution in [0.25, 0.3) is 33.4 Å². The van der Waals surface area contributed by atoms with Crippen LogP contribution in [0.2, 0.25) is 15.1 Å². The number of carbonyl (C=O) groups excluding carboxylic acids is 5. The Hall–Kier alpha value is -9.89. The summed E-state index contributed by atoms with van der Waals surface area (Å²) in [6.45, 7) is 11.9. The number of urea groups is 1. The van der Waals surface area contributed by atoms with Gasteiger partial charge in [0.05, 0.1) is 58.8 Å². The van der Waals surface area contributed by atoms with E-state index in [1.54, 1.807) is 54.6 Å². The quantitative estimate of drug-likeness (QED) is 0.0243. The zero-order chi connectivity index (χ0) is 73.0. The summed E-state index contributed by atoms with van der Waals surface area (Å²) in [5, 5.41) is 15.2. The first-order valence-electron chi connectivity index (χ1n) is 32.8. The van der Waals surface area contributed by atoms with Crippen LogP contribution in [-0.4, -0.2) is 108 Å². The van der Waals surface area contributed by atoms with Gasteiger partial charge in [-0.25, -0.2) is 22.7 Å². The molecule has 0 unspecified atom stereocenters. The zero-order valence-electron chi connectivity index (χ0n) is 57.6. The molecule has 0 bridgehead atoms. The molecular formula is C79H86Cl3N7O11S. The smallest absolute Gasteiger partial charge is 0.406 e. The van der Waals surface area contributed by atoms with Crippen molar-refractivity contribution in [3.63, 3.8) is 0 Å². The van der Waals surface area contributed by atoms with Crippen molar-refractivity contribution in [2.45, 2.75) is 97.2 Å². The number of amides is 6. The normalized spacial score (nSPS) is 11.9. The fourth-order valence-corrected chi connectivity index (χ4v) is 11.5. The first-order chi connectivity index (χ1) is 48.3. The van der Waals surface area contributed by atoms with Gasteiger partial charge >= 0.3 is 12.1 Å². The summed E-state index contributed by atoms with van der Waals surface area (Å²) in [6.07, 6.45) is 1.92. The number of carbonyl (C=O) groups is 5. The highest BCUT2D eigenvalue weighted by Gasteiger charge is 2.22. The average molecular weight is 1450 g/mol. The summed E-state index contributed by atoms with van der Waals surface area (Å²) in [6, 6.07) is 67.3. The molecule has 101 heavy (non-hydrogen) atoms. The Morgan fingerprint density at radius 3 is 0.931 bits per heavy atom. The van der Waals surface area contributed by atoms with Crippen LogP contribution in [0.1, 0.15) is 89.3 Å². The van der Waals surface area contributed by atoms with Crippen molar-refractivity contribution < 1.29 is 51.3 Å². The van der Waals surface area contributed by atoms with Gasteiger partial charge in [0.15, 0.2) is 0 Å². The van der Waals surface area contributed by atoms with Crippen molar-refractivity contribution in [3.8, 4) is 50.6 Å². The highest BCUT2D eigenvalue weighted by molar-refractivity contribution is 7.88. The molecule has 0 heterocycles. The number of benzene rings is 9. The zero-order valence-corrected chi connectivity index (χ0v) is 60.7. The second-order valence-electron chi connectivity index (χ2n) is 24.5. The lowest BCUT2D eigenvalue weighted by Crippen LogP contribution is -2.46. The average Bonchev–Trinajstić information content (AvgIpc) is 0.909. The minimum absolute atomic E-state index is 0.0280. The lowest BCUT2D eigenvalue weighted by atomic mass is 10.0. The van der Waals surface area contributed by atoms with E-state index in [1.165, 1.54) is 7.11 Å². The molecule has 9 rings (SSSR count). The lowest BCUT2D eigenvalue weighted by molar-refractivity contribution is 0.0927. The van der Waals surface area contributed by atoms with Gasteiger partial charge in [-0.3, -0.25) is 14.4 Å². The van der Waals surface area contributed by atoms with Crippen LogP contribution in [0.5, 0.6) is 17.2 Å². The Bertz CT molecular complexity index is 4270. The van der Waals surface area contributed by atoms with Crippen LogP contribution < -0.4 is 51.3 Å². The maximum atomic E-state index is 12.9. The monoisotopic (exact) mass is 1450 g/mol. The van der Waals surface area contributed by atoms with Crippen molar-refractivity contribution in [1.82, 2.24) is 31.3 Å². The van der Waals surface area contributed by atoms with E-state index in [4.69, 9.17) is 54.7 Å². The number of alkyl carbamates (subject to hydrolysis) is 1. The van der Waals surface area contributed by atoms with Crippen LogP contribution >= 0.6 is 34.8 Å². The van der Waals surface area contributed by atoms with Gasteiger partial charge in [-0.2, -0.15) is 0 Å². The third-order valence-electron chi connectivity index (χ3n) is 15.1. The van der Waals surface area contributed by atoms with E-state index in [9.17, 15) is 32.4 Å². The van der Waals surface area contributed by atoms with E-state index >= 15 is 0 Å². The highest BCUT2D eigenvalue weighted by Crippen LogP contribution is 2.30.